The van der Waals surface area contributed by atoms with Crippen LogP contribution in [0, 0.1) is 6.92 Å². The van der Waals surface area contributed by atoms with Crippen molar-refractivity contribution in [3.63, 3.8) is 0 Å². The third kappa shape index (κ3) is 2.22. The first-order chi connectivity index (χ1) is 8.70. The molecule has 0 saturated heterocycles. The van der Waals surface area contributed by atoms with Crippen LogP contribution in [0.5, 0.6) is 0 Å². The van der Waals surface area contributed by atoms with Crippen molar-refractivity contribution in [3.05, 3.63) is 64.6 Å². The molecule has 0 radical (unpaired) electrons. The normalized spacial score (nSPS) is 11.0. The lowest BCUT2D eigenvalue weighted by molar-refractivity contribution is 0.900. The van der Waals surface area contributed by atoms with Gasteiger partial charge in [-0.05, 0) is 24.6 Å². The summed E-state index contributed by atoms with van der Waals surface area (Å²) in [5.74, 6) is 0.807. The van der Waals surface area contributed by atoms with Crippen LogP contribution in [0.25, 0.3) is 5.65 Å². The van der Waals surface area contributed by atoms with E-state index in [1.807, 2.05) is 12.1 Å². The van der Waals surface area contributed by atoms with Crippen molar-refractivity contribution in [3.8, 4) is 0 Å². The third-order valence-electron chi connectivity index (χ3n) is 2.82. The summed E-state index contributed by atoms with van der Waals surface area (Å²) in [5, 5.41) is 5.07. The molecule has 0 spiro atoms. The molecule has 0 aliphatic heterocycles. The Morgan fingerprint density at radius 2 is 1.89 bits per heavy atom. The van der Waals surface area contributed by atoms with Gasteiger partial charge >= 0.3 is 0 Å². The van der Waals surface area contributed by atoms with Gasteiger partial charge in [-0.3, -0.25) is 0 Å². The summed E-state index contributed by atoms with van der Waals surface area (Å²) in [6.45, 7) is 2.08. The summed E-state index contributed by atoms with van der Waals surface area (Å²) in [7, 11) is 0. The predicted octanol–water partition coefficient (Wildman–Crippen LogP) is 3.28. The highest BCUT2D eigenvalue weighted by atomic mass is 35.5. The first kappa shape index (κ1) is 11.2. The Hall–Kier alpha value is -1.87. The van der Waals surface area contributed by atoms with E-state index in [-0.39, 0.29) is 0 Å². The van der Waals surface area contributed by atoms with Gasteiger partial charge in [-0.2, -0.15) is 5.10 Å². The minimum Gasteiger partial charge on any atom is -0.219 e. The summed E-state index contributed by atoms with van der Waals surface area (Å²) in [6.07, 6.45) is 2.50. The molecule has 2 aromatic heterocycles. The van der Waals surface area contributed by atoms with Crippen molar-refractivity contribution in [2.24, 2.45) is 0 Å². The number of rotatable bonds is 2. The number of benzene rings is 1. The molecule has 0 amide bonds. The van der Waals surface area contributed by atoms with Crippen LogP contribution in [-0.4, -0.2) is 14.6 Å². The molecule has 0 N–H and O–H groups in total. The zero-order chi connectivity index (χ0) is 12.5. The standard InChI is InChI=1S/C14H12ClN3/c1-10-2-4-11(5-3-10)8-13-16-14-7-6-12(15)9-18(14)17-13/h2-7,9H,8H2,1H3. The molecular formula is C14H12ClN3. The maximum atomic E-state index is 5.92. The van der Waals surface area contributed by atoms with Crippen LogP contribution < -0.4 is 0 Å². The van der Waals surface area contributed by atoms with Crippen molar-refractivity contribution in [2.45, 2.75) is 13.3 Å². The Kier molecular flexibility index (Phi) is 2.76. The predicted molar refractivity (Wildman–Crippen MR) is 72.0 cm³/mol. The van der Waals surface area contributed by atoms with Gasteiger partial charge in [0.25, 0.3) is 0 Å². The number of hydrogen-bond acceptors (Lipinski definition) is 2. The Morgan fingerprint density at radius 3 is 2.67 bits per heavy atom. The van der Waals surface area contributed by atoms with E-state index in [9.17, 15) is 0 Å². The van der Waals surface area contributed by atoms with Gasteiger partial charge in [0, 0.05) is 12.6 Å². The van der Waals surface area contributed by atoms with Crippen molar-refractivity contribution in [2.75, 3.05) is 0 Å². The molecule has 3 rings (SSSR count). The zero-order valence-electron chi connectivity index (χ0n) is 9.97. The maximum absolute atomic E-state index is 5.92. The van der Waals surface area contributed by atoms with Crippen LogP contribution in [0.3, 0.4) is 0 Å². The molecule has 0 saturated carbocycles. The molecule has 0 aliphatic carbocycles. The Balaban J connectivity index is 1.92. The lowest BCUT2D eigenvalue weighted by Gasteiger charge is -1.97. The number of hydrogen-bond donors (Lipinski definition) is 0. The van der Waals surface area contributed by atoms with Crippen LogP contribution in [0.2, 0.25) is 5.02 Å². The van der Waals surface area contributed by atoms with Crippen LogP contribution in [-0.2, 0) is 6.42 Å². The van der Waals surface area contributed by atoms with Gasteiger partial charge in [-0.15, -0.1) is 0 Å². The summed E-state index contributed by atoms with van der Waals surface area (Å²) in [6, 6.07) is 12.1. The van der Waals surface area contributed by atoms with E-state index in [2.05, 4.69) is 41.3 Å². The number of nitrogens with zero attached hydrogens (tertiary/aromatic N) is 3. The topological polar surface area (TPSA) is 30.2 Å². The van der Waals surface area contributed by atoms with E-state index >= 15 is 0 Å². The maximum Gasteiger partial charge on any atom is 0.156 e. The number of aryl methyl sites for hydroxylation is 1. The van der Waals surface area contributed by atoms with Gasteiger partial charge in [0.2, 0.25) is 0 Å². The first-order valence-electron chi connectivity index (χ1n) is 5.77. The second kappa shape index (κ2) is 4.42. The molecule has 90 valence electrons. The van der Waals surface area contributed by atoms with Crippen LogP contribution in [0.15, 0.2) is 42.6 Å². The van der Waals surface area contributed by atoms with Gasteiger partial charge in [0.1, 0.15) is 0 Å². The fourth-order valence-corrected chi connectivity index (χ4v) is 2.02. The monoisotopic (exact) mass is 257 g/mol. The van der Waals surface area contributed by atoms with E-state index in [1.54, 1.807) is 10.7 Å². The van der Waals surface area contributed by atoms with E-state index in [0.717, 1.165) is 17.9 Å². The van der Waals surface area contributed by atoms with Gasteiger partial charge < -0.3 is 0 Å². The average Bonchev–Trinajstić information content (AvgIpc) is 2.73. The highest BCUT2D eigenvalue weighted by Gasteiger charge is 2.04. The summed E-state index contributed by atoms with van der Waals surface area (Å²) in [4.78, 5) is 4.46. The average molecular weight is 258 g/mol. The second-order valence-electron chi connectivity index (χ2n) is 4.34. The molecule has 18 heavy (non-hydrogen) atoms. The third-order valence-corrected chi connectivity index (χ3v) is 3.05. The van der Waals surface area contributed by atoms with Crippen LogP contribution in [0.4, 0.5) is 0 Å². The largest absolute Gasteiger partial charge is 0.219 e. The molecule has 1 aromatic carbocycles. The second-order valence-corrected chi connectivity index (χ2v) is 4.78. The van der Waals surface area contributed by atoms with E-state index in [1.165, 1.54) is 11.1 Å². The van der Waals surface area contributed by atoms with Crippen LogP contribution in [0.1, 0.15) is 17.0 Å². The van der Waals surface area contributed by atoms with E-state index < -0.39 is 0 Å². The quantitative estimate of drug-likeness (QED) is 0.705. The van der Waals surface area contributed by atoms with E-state index in [4.69, 9.17) is 11.6 Å². The Bertz CT molecular complexity index is 686. The molecule has 0 atom stereocenters. The number of halogens is 1. The molecule has 0 unspecified atom stereocenters. The highest BCUT2D eigenvalue weighted by molar-refractivity contribution is 6.30. The first-order valence-corrected chi connectivity index (χ1v) is 6.15. The SMILES string of the molecule is Cc1ccc(Cc2nc3ccc(Cl)cn3n2)cc1. The molecule has 0 aliphatic rings. The van der Waals surface area contributed by atoms with Gasteiger partial charge in [-0.1, -0.05) is 41.4 Å². The molecule has 0 bridgehead atoms. The molecule has 4 heteroatoms. The highest BCUT2D eigenvalue weighted by Crippen LogP contribution is 2.12. The van der Waals surface area contributed by atoms with Gasteiger partial charge in [0.05, 0.1) is 5.02 Å². The number of fused-ring (bicyclic) bond motifs is 1. The molecule has 3 aromatic rings. The van der Waals surface area contributed by atoms with Crippen molar-refractivity contribution in [1.82, 2.24) is 14.6 Å². The lowest BCUT2D eigenvalue weighted by Crippen LogP contribution is -1.92. The fourth-order valence-electron chi connectivity index (χ4n) is 1.87. The number of aromatic nitrogens is 3. The Morgan fingerprint density at radius 1 is 1.11 bits per heavy atom. The van der Waals surface area contributed by atoms with Gasteiger partial charge in [-0.25, -0.2) is 9.50 Å². The smallest absolute Gasteiger partial charge is 0.156 e. The van der Waals surface area contributed by atoms with Gasteiger partial charge in [0.15, 0.2) is 11.5 Å². The van der Waals surface area contributed by atoms with Crippen molar-refractivity contribution >= 4 is 17.2 Å². The molecule has 2 heterocycles. The summed E-state index contributed by atoms with van der Waals surface area (Å²) >= 11 is 5.92. The van der Waals surface area contributed by atoms with Crippen LogP contribution >= 0.6 is 11.6 Å². The molecule has 3 nitrogen and oxygen atoms in total. The lowest BCUT2D eigenvalue weighted by atomic mass is 10.1. The minimum atomic E-state index is 0.661. The van der Waals surface area contributed by atoms with Crippen molar-refractivity contribution < 1.29 is 0 Å². The van der Waals surface area contributed by atoms with Crippen molar-refractivity contribution in [1.29, 1.82) is 0 Å². The molecular weight excluding hydrogens is 246 g/mol. The Labute approximate surface area is 110 Å². The molecule has 0 fully saturated rings. The fraction of sp³-hybridized carbons (Fsp3) is 0.143. The van der Waals surface area contributed by atoms with E-state index in [0.29, 0.717) is 5.02 Å². The number of pyridine rings is 1. The summed E-state index contributed by atoms with van der Waals surface area (Å²) < 4.78 is 1.71. The minimum absolute atomic E-state index is 0.661. The zero-order valence-corrected chi connectivity index (χ0v) is 10.7. The summed E-state index contributed by atoms with van der Waals surface area (Å²) in [5.41, 5.74) is 3.29.